The summed E-state index contributed by atoms with van der Waals surface area (Å²) in [7, 11) is 1.64. The Balaban J connectivity index is 2.24. The Labute approximate surface area is 122 Å². The first-order valence-corrected chi connectivity index (χ1v) is 7.64. The number of methoxy groups -OCH3 is 1. The first-order valence-electron chi connectivity index (χ1n) is 7.64. The van der Waals surface area contributed by atoms with Crippen LogP contribution in [-0.4, -0.2) is 22.0 Å². The second kappa shape index (κ2) is 5.40. The summed E-state index contributed by atoms with van der Waals surface area (Å²) >= 11 is 0. The normalized spacial score (nSPS) is 27.6. The highest BCUT2D eigenvalue weighted by molar-refractivity contribution is 5.31. The van der Waals surface area contributed by atoms with Crippen LogP contribution in [0.1, 0.15) is 59.1 Å². The van der Waals surface area contributed by atoms with Gasteiger partial charge in [0.1, 0.15) is 11.3 Å². The van der Waals surface area contributed by atoms with Gasteiger partial charge in [-0.05, 0) is 43.9 Å². The van der Waals surface area contributed by atoms with E-state index in [1.807, 2.05) is 11.6 Å². The van der Waals surface area contributed by atoms with E-state index in [0.29, 0.717) is 17.1 Å². The van der Waals surface area contributed by atoms with Crippen molar-refractivity contribution in [2.24, 2.45) is 11.3 Å². The molecular weight excluding hydrogens is 252 g/mol. The van der Waals surface area contributed by atoms with E-state index in [1.54, 1.807) is 13.3 Å². The molecule has 0 saturated heterocycles. The van der Waals surface area contributed by atoms with Crippen molar-refractivity contribution in [3.8, 4) is 5.75 Å². The summed E-state index contributed by atoms with van der Waals surface area (Å²) in [6.07, 6.45) is 5.40. The van der Waals surface area contributed by atoms with Gasteiger partial charge in [-0.15, -0.1) is 0 Å². The molecule has 1 fully saturated rings. The minimum atomic E-state index is -0.792. The van der Waals surface area contributed by atoms with Crippen LogP contribution in [0.5, 0.6) is 5.75 Å². The molecule has 0 radical (unpaired) electrons. The first kappa shape index (κ1) is 15.4. The van der Waals surface area contributed by atoms with Crippen LogP contribution in [0.15, 0.2) is 6.20 Å². The molecule has 1 aromatic rings. The van der Waals surface area contributed by atoms with Crippen LogP contribution in [0, 0.1) is 11.3 Å². The number of aliphatic hydroxyl groups is 1. The van der Waals surface area contributed by atoms with E-state index in [0.717, 1.165) is 37.9 Å². The van der Waals surface area contributed by atoms with Crippen LogP contribution in [0.25, 0.3) is 0 Å². The molecule has 0 spiro atoms. The summed E-state index contributed by atoms with van der Waals surface area (Å²) in [4.78, 5) is 0. The van der Waals surface area contributed by atoms with Gasteiger partial charge in [0, 0.05) is 6.54 Å². The molecule has 4 heteroatoms. The smallest absolute Gasteiger partial charge is 0.162 e. The molecule has 0 aromatic carbocycles. The lowest BCUT2D eigenvalue weighted by Gasteiger charge is -2.41. The summed E-state index contributed by atoms with van der Waals surface area (Å²) in [6.45, 7) is 9.67. The van der Waals surface area contributed by atoms with Gasteiger partial charge >= 0.3 is 0 Å². The van der Waals surface area contributed by atoms with Crippen molar-refractivity contribution < 1.29 is 9.84 Å². The number of hydrogen-bond donors (Lipinski definition) is 1. The third-order valence-corrected chi connectivity index (χ3v) is 4.80. The zero-order valence-corrected chi connectivity index (χ0v) is 13.4. The van der Waals surface area contributed by atoms with Crippen LogP contribution in [0.2, 0.25) is 0 Å². The SMILES string of the molecule is CCn1ncc(OC)c1C1(O)CCC(C(C)(C)C)CC1. The number of rotatable bonds is 3. The van der Waals surface area contributed by atoms with Crippen molar-refractivity contribution in [1.82, 2.24) is 9.78 Å². The van der Waals surface area contributed by atoms with Crippen LogP contribution in [-0.2, 0) is 12.1 Å². The van der Waals surface area contributed by atoms with Crippen molar-refractivity contribution in [3.05, 3.63) is 11.9 Å². The maximum absolute atomic E-state index is 11.1. The highest BCUT2D eigenvalue weighted by Gasteiger charge is 2.42. The molecule has 20 heavy (non-hydrogen) atoms. The van der Waals surface area contributed by atoms with Gasteiger partial charge in [-0.3, -0.25) is 4.68 Å². The standard InChI is InChI=1S/C16H28N2O2/c1-6-18-14(13(20-5)11-17-18)16(19)9-7-12(8-10-16)15(2,3)4/h11-12,19H,6-10H2,1-5H3. The molecule has 2 rings (SSSR count). The van der Waals surface area contributed by atoms with Gasteiger partial charge in [0.05, 0.1) is 13.3 Å². The molecule has 1 aromatic heterocycles. The van der Waals surface area contributed by atoms with Crippen LogP contribution in [0.4, 0.5) is 0 Å². The fraction of sp³-hybridized carbons (Fsp3) is 0.812. The van der Waals surface area contributed by atoms with E-state index in [1.165, 1.54) is 0 Å². The molecule has 1 aliphatic carbocycles. The number of ether oxygens (including phenoxy) is 1. The highest BCUT2D eigenvalue weighted by Crippen LogP contribution is 2.47. The fourth-order valence-corrected chi connectivity index (χ4v) is 3.43. The monoisotopic (exact) mass is 280 g/mol. The summed E-state index contributed by atoms with van der Waals surface area (Å²) < 4.78 is 7.27. The summed E-state index contributed by atoms with van der Waals surface area (Å²) in [6, 6.07) is 0. The van der Waals surface area contributed by atoms with E-state index in [-0.39, 0.29) is 0 Å². The predicted octanol–water partition coefficient (Wildman–Crippen LogP) is 3.34. The van der Waals surface area contributed by atoms with Crippen LogP contribution < -0.4 is 4.74 Å². The lowest BCUT2D eigenvalue weighted by Crippen LogP contribution is -2.37. The molecule has 0 unspecified atom stereocenters. The van der Waals surface area contributed by atoms with Gasteiger partial charge in [0.25, 0.3) is 0 Å². The van der Waals surface area contributed by atoms with Gasteiger partial charge in [0.15, 0.2) is 5.75 Å². The largest absolute Gasteiger partial charge is 0.493 e. The third-order valence-electron chi connectivity index (χ3n) is 4.80. The van der Waals surface area contributed by atoms with Gasteiger partial charge in [-0.2, -0.15) is 5.10 Å². The summed E-state index contributed by atoms with van der Waals surface area (Å²) in [5.74, 6) is 1.38. The van der Waals surface area contributed by atoms with E-state index >= 15 is 0 Å². The van der Waals surface area contributed by atoms with Crippen molar-refractivity contribution in [1.29, 1.82) is 0 Å². The lowest BCUT2D eigenvalue weighted by molar-refractivity contribution is -0.0377. The van der Waals surface area contributed by atoms with Crippen molar-refractivity contribution in [2.45, 2.75) is 65.5 Å². The Hall–Kier alpha value is -1.03. The highest BCUT2D eigenvalue weighted by atomic mass is 16.5. The molecule has 0 aliphatic heterocycles. The molecule has 1 saturated carbocycles. The first-order chi connectivity index (χ1) is 9.31. The summed E-state index contributed by atoms with van der Waals surface area (Å²) in [5.41, 5.74) is 0.380. The van der Waals surface area contributed by atoms with Gasteiger partial charge in [-0.25, -0.2) is 0 Å². The zero-order valence-electron chi connectivity index (χ0n) is 13.4. The molecule has 1 heterocycles. The maximum atomic E-state index is 11.1. The number of aryl methyl sites for hydroxylation is 1. The topological polar surface area (TPSA) is 47.3 Å². The average Bonchev–Trinajstić information content (AvgIpc) is 2.81. The van der Waals surface area contributed by atoms with E-state index in [4.69, 9.17) is 4.74 Å². The Morgan fingerprint density at radius 2 is 2.00 bits per heavy atom. The van der Waals surface area contributed by atoms with E-state index in [9.17, 15) is 5.11 Å². The Bertz CT molecular complexity index is 430. The molecule has 0 amide bonds. The fourth-order valence-electron chi connectivity index (χ4n) is 3.43. The number of nitrogens with zero attached hydrogens (tertiary/aromatic N) is 2. The van der Waals surface area contributed by atoms with Gasteiger partial charge in [-0.1, -0.05) is 20.8 Å². The molecular formula is C16H28N2O2. The minimum Gasteiger partial charge on any atom is -0.493 e. The molecule has 4 nitrogen and oxygen atoms in total. The number of aromatic nitrogens is 2. The van der Waals surface area contributed by atoms with Crippen molar-refractivity contribution in [3.63, 3.8) is 0 Å². The molecule has 1 N–H and O–H groups in total. The van der Waals surface area contributed by atoms with Gasteiger partial charge in [0.2, 0.25) is 0 Å². The minimum absolute atomic E-state index is 0.316. The van der Waals surface area contributed by atoms with Crippen LogP contribution in [0.3, 0.4) is 0 Å². The predicted molar refractivity (Wildman–Crippen MR) is 79.8 cm³/mol. The molecule has 114 valence electrons. The number of hydrogen-bond acceptors (Lipinski definition) is 3. The van der Waals surface area contributed by atoms with Crippen LogP contribution >= 0.6 is 0 Å². The quantitative estimate of drug-likeness (QED) is 0.923. The Morgan fingerprint density at radius 3 is 2.45 bits per heavy atom. The van der Waals surface area contributed by atoms with Crippen molar-refractivity contribution in [2.75, 3.05) is 7.11 Å². The average molecular weight is 280 g/mol. The second-order valence-corrected chi connectivity index (χ2v) is 7.05. The Morgan fingerprint density at radius 1 is 1.40 bits per heavy atom. The molecule has 0 bridgehead atoms. The van der Waals surface area contributed by atoms with Gasteiger partial charge < -0.3 is 9.84 Å². The summed E-state index contributed by atoms with van der Waals surface area (Å²) in [5, 5.41) is 15.4. The lowest BCUT2D eigenvalue weighted by atomic mass is 9.67. The maximum Gasteiger partial charge on any atom is 0.162 e. The van der Waals surface area contributed by atoms with Crippen molar-refractivity contribution >= 4 is 0 Å². The van der Waals surface area contributed by atoms with E-state index in [2.05, 4.69) is 25.9 Å². The Kier molecular flexibility index (Phi) is 4.14. The zero-order chi connectivity index (χ0) is 15.0. The molecule has 1 aliphatic rings. The second-order valence-electron chi connectivity index (χ2n) is 7.05. The third kappa shape index (κ3) is 2.71. The molecule has 0 atom stereocenters. The van der Waals surface area contributed by atoms with E-state index < -0.39 is 5.60 Å².